The molecule has 1 aromatic rings. The van der Waals surface area contributed by atoms with Crippen molar-refractivity contribution < 1.29 is 9.90 Å². The number of rotatable bonds is 7. The van der Waals surface area contributed by atoms with Crippen molar-refractivity contribution in [3.8, 4) is 0 Å². The Hall–Kier alpha value is -1.15. The number of aromatic nitrogens is 4. The van der Waals surface area contributed by atoms with Crippen LogP contribution in [0.25, 0.3) is 0 Å². The Morgan fingerprint density at radius 2 is 2.33 bits per heavy atom. The first kappa shape index (κ1) is 14.8. The first-order valence-electron chi connectivity index (χ1n) is 7.48. The molecular weight excluding hydrogens is 290 g/mol. The van der Waals surface area contributed by atoms with Crippen molar-refractivity contribution in [2.24, 2.45) is 13.0 Å². The fourth-order valence-corrected chi connectivity index (χ4v) is 4.13. The molecule has 2 aliphatic rings. The van der Waals surface area contributed by atoms with Crippen molar-refractivity contribution in [2.45, 2.75) is 55.3 Å². The third-order valence-corrected chi connectivity index (χ3v) is 5.56. The second-order valence-corrected chi connectivity index (χ2v) is 7.07. The van der Waals surface area contributed by atoms with Gasteiger partial charge in [-0.3, -0.25) is 10.1 Å². The third kappa shape index (κ3) is 3.06. The van der Waals surface area contributed by atoms with E-state index in [-0.39, 0.29) is 5.92 Å². The Bertz CT molecular complexity index is 518. The maximum atomic E-state index is 11.8. The molecule has 0 aliphatic heterocycles. The van der Waals surface area contributed by atoms with Gasteiger partial charge in [-0.05, 0) is 48.4 Å². The summed E-state index contributed by atoms with van der Waals surface area (Å²) in [5.41, 5.74) is -0.708. The predicted molar refractivity (Wildman–Crippen MR) is 78.0 cm³/mol. The highest BCUT2D eigenvalue weighted by Gasteiger charge is 2.50. The van der Waals surface area contributed by atoms with Crippen LogP contribution in [0, 0.1) is 5.92 Å². The summed E-state index contributed by atoms with van der Waals surface area (Å²) in [4.78, 5) is 11.8. The summed E-state index contributed by atoms with van der Waals surface area (Å²) in [5.74, 6) is 0.367. The minimum Gasteiger partial charge on any atom is -0.480 e. The van der Waals surface area contributed by atoms with Gasteiger partial charge < -0.3 is 5.11 Å². The lowest BCUT2D eigenvalue weighted by molar-refractivity contribution is -0.146. The van der Waals surface area contributed by atoms with E-state index in [1.54, 1.807) is 16.4 Å². The zero-order valence-corrected chi connectivity index (χ0v) is 13.0. The van der Waals surface area contributed by atoms with E-state index in [1.165, 1.54) is 0 Å². The minimum absolute atomic E-state index is 0.198. The molecule has 3 rings (SSSR count). The number of aryl methyl sites for hydroxylation is 1. The van der Waals surface area contributed by atoms with E-state index >= 15 is 0 Å². The number of aliphatic carboxylic acids is 1. The van der Waals surface area contributed by atoms with E-state index in [2.05, 4.69) is 20.8 Å². The van der Waals surface area contributed by atoms with Gasteiger partial charge in [0.1, 0.15) is 5.54 Å². The van der Waals surface area contributed by atoms with Crippen molar-refractivity contribution in [2.75, 3.05) is 5.75 Å². The average molecular weight is 311 g/mol. The number of carbonyl (C=O) groups is 1. The van der Waals surface area contributed by atoms with Crippen LogP contribution in [0.15, 0.2) is 5.16 Å². The summed E-state index contributed by atoms with van der Waals surface area (Å²) >= 11 is 1.59. The first-order valence-corrected chi connectivity index (χ1v) is 8.46. The molecule has 2 saturated carbocycles. The fourth-order valence-electron chi connectivity index (χ4n) is 3.23. The number of thioether (sulfide) groups is 1. The number of hydrogen-bond acceptors (Lipinski definition) is 6. The highest BCUT2D eigenvalue weighted by atomic mass is 32.2. The number of hydrogen-bond donors (Lipinski definition) is 2. The normalized spacial score (nSPS) is 28.9. The predicted octanol–water partition coefficient (Wildman–Crippen LogP) is 1.07. The number of carboxylic acid groups (broad SMARTS) is 1. The van der Waals surface area contributed by atoms with Crippen molar-refractivity contribution in [1.29, 1.82) is 0 Å². The molecule has 21 heavy (non-hydrogen) atoms. The molecule has 1 aromatic heterocycles. The summed E-state index contributed by atoms with van der Waals surface area (Å²) < 4.78 is 1.65. The standard InChI is InChI=1S/C13H21N5O2S/c1-18-12(15-16-17-18)21-8-6-9-3-2-7-13(9,11(19)20)14-10-4-5-10/h9-10,14H,2-8H2,1H3,(H,19,20). The molecule has 0 saturated heterocycles. The maximum absolute atomic E-state index is 11.8. The Balaban J connectivity index is 1.60. The molecule has 8 heteroatoms. The zero-order valence-electron chi connectivity index (χ0n) is 12.2. The lowest BCUT2D eigenvalue weighted by Crippen LogP contribution is -2.55. The molecular formula is C13H21N5O2S. The van der Waals surface area contributed by atoms with Gasteiger partial charge in [0.05, 0.1) is 0 Å². The molecule has 7 nitrogen and oxygen atoms in total. The van der Waals surface area contributed by atoms with Crippen molar-refractivity contribution in [3.63, 3.8) is 0 Å². The number of nitrogens with zero attached hydrogens (tertiary/aromatic N) is 4. The minimum atomic E-state index is -0.708. The summed E-state index contributed by atoms with van der Waals surface area (Å²) in [7, 11) is 1.81. The molecule has 0 spiro atoms. The van der Waals surface area contributed by atoms with E-state index < -0.39 is 11.5 Å². The van der Waals surface area contributed by atoms with E-state index in [1.807, 2.05) is 7.05 Å². The van der Waals surface area contributed by atoms with Crippen LogP contribution in [-0.2, 0) is 11.8 Å². The van der Waals surface area contributed by atoms with Gasteiger partial charge in [-0.1, -0.05) is 18.2 Å². The van der Waals surface area contributed by atoms with Gasteiger partial charge in [0.2, 0.25) is 5.16 Å². The molecule has 116 valence electrons. The molecule has 1 heterocycles. The average Bonchev–Trinajstić information content (AvgIpc) is 3.02. The van der Waals surface area contributed by atoms with Crippen LogP contribution in [0.3, 0.4) is 0 Å². The molecule has 0 aromatic carbocycles. The lowest BCUT2D eigenvalue weighted by Gasteiger charge is -2.32. The van der Waals surface area contributed by atoms with Crippen molar-refractivity contribution >= 4 is 17.7 Å². The van der Waals surface area contributed by atoms with E-state index in [0.29, 0.717) is 6.04 Å². The highest BCUT2D eigenvalue weighted by molar-refractivity contribution is 7.99. The fraction of sp³-hybridized carbons (Fsp3) is 0.846. The largest absolute Gasteiger partial charge is 0.480 e. The van der Waals surface area contributed by atoms with Crippen LogP contribution in [0.1, 0.15) is 38.5 Å². The zero-order chi connectivity index (χ0) is 14.9. The smallest absolute Gasteiger partial charge is 0.324 e. The molecule has 2 N–H and O–H groups in total. The second-order valence-electron chi connectivity index (χ2n) is 6.01. The van der Waals surface area contributed by atoms with Crippen LogP contribution in [0.5, 0.6) is 0 Å². The molecule has 2 fully saturated rings. The summed E-state index contributed by atoms with van der Waals surface area (Å²) in [6.45, 7) is 0. The molecule has 2 unspecified atom stereocenters. The molecule has 2 atom stereocenters. The second kappa shape index (κ2) is 5.92. The van der Waals surface area contributed by atoms with Crippen LogP contribution in [0.4, 0.5) is 0 Å². The highest BCUT2D eigenvalue weighted by Crippen LogP contribution is 2.41. The van der Waals surface area contributed by atoms with E-state index in [0.717, 1.165) is 49.4 Å². The van der Waals surface area contributed by atoms with Crippen LogP contribution >= 0.6 is 11.8 Å². The lowest BCUT2D eigenvalue weighted by atomic mass is 9.85. The Morgan fingerprint density at radius 1 is 1.52 bits per heavy atom. The molecule has 0 amide bonds. The van der Waals surface area contributed by atoms with Crippen LogP contribution in [0.2, 0.25) is 0 Å². The number of tetrazole rings is 1. The van der Waals surface area contributed by atoms with Crippen LogP contribution in [-0.4, -0.2) is 48.6 Å². The summed E-state index contributed by atoms with van der Waals surface area (Å²) in [5, 5.41) is 25.3. The van der Waals surface area contributed by atoms with Gasteiger partial charge in [-0.15, -0.1) is 5.10 Å². The number of nitrogens with one attached hydrogen (secondary N) is 1. The Morgan fingerprint density at radius 3 is 2.95 bits per heavy atom. The Kier molecular flexibility index (Phi) is 4.17. The molecule has 0 radical (unpaired) electrons. The van der Waals surface area contributed by atoms with Crippen molar-refractivity contribution in [3.05, 3.63) is 0 Å². The van der Waals surface area contributed by atoms with Gasteiger partial charge in [0.15, 0.2) is 0 Å². The monoisotopic (exact) mass is 311 g/mol. The summed E-state index contributed by atoms with van der Waals surface area (Å²) in [6.07, 6.45) is 5.84. The molecule has 0 bridgehead atoms. The van der Waals surface area contributed by atoms with E-state index in [9.17, 15) is 9.90 Å². The topological polar surface area (TPSA) is 92.9 Å². The third-order valence-electron chi connectivity index (χ3n) is 4.52. The van der Waals surface area contributed by atoms with Gasteiger partial charge in [-0.2, -0.15) is 0 Å². The van der Waals surface area contributed by atoms with Gasteiger partial charge in [0, 0.05) is 18.8 Å². The van der Waals surface area contributed by atoms with Gasteiger partial charge >= 0.3 is 5.97 Å². The van der Waals surface area contributed by atoms with Crippen molar-refractivity contribution in [1.82, 2.24) is 25.5 Å². The van der Waals surface area contributed by atoms with Crippen LogP contribution < -0.4 is 5.32 Å². The maximum Gasteiger partial charge on any atom is 0.324 e. The Labute approximate surface area is 127 Å². The van der Waals surface area contributed by atoms with E-state index in [4.69, 9.17) is 0 Å². The SMILES string of the molecule is Cn1nnnc1SCCC1CCCC1(NC1CC1)C(=O)O. The first-order chi connectivity index (χ1) is 10.1. The summed E-state index contributed by atoms with van der Waals surface area (Å²) in [6, 6.07) is 0.414. The van der Waals surface area contributed by atoms with Gasteiger partial charge in [0.25, 0.3) is 0 Å². The van der Waals surface area contributed by atoms with Gasteiger partial charge in [-0.25, -0.2) is 4.68 Å². The molecule has 2 aliphatic carbocycles. The number of carboxylic acids is 1. The quantitative estimate of drug-likeness (QED) is 0.727.